The van der Waals surface area contributed by atoms with Crippen LogP contribution in [0, 0.1) is 5.82 Å². The first-order valence-corrected chi connectivity index (χ1v) is 5.60. The van der Waals surface area contributed by atoms with Crippen molar-refractivity contribution in [1.82, 2.24) is 0 Å². The summed E-state index contributed by atoms with van der Waals surface area (Å²) in [5.74, 6) is -0.203. The van der Waals surface area contributed by atoms with Gasteiger partial charge in [0, 0.05) is 12.6 Å². The second-order valence-electron chi connectivity index (χ2n) is 4.44. The molecule has 1 rings (SSSR count). The second-order valence-corrected chi connectivity index (χ2v) is 4.44. The zero-order chi connectivity index (χ0) is 12.2. The van der Waals surface area contributed by atoms with Crippen molar-refractivity contribution < 1.29 is 9.13 Å². The van der Waals surface area contributed by atoms with Gasteiger partial charge in [-0.15, -0.1) is 0 Å². The molecule has 90 valence electrons. The summed E-state index contributed by atoms with van der Waals surface area (Å²) < 4.78 is 19.0. The number of ether oxygens (including phenoxy) is 1. The molecular weight excluding hydrogens is 205 g/mol. The highest BCUT2D eigenvalue weighted by molar-refractivity contribution is 5.19. The summed E-state index contributed by atoms with van der Waals surface area (Å²) in [5, 5.41) is 0. The SMILES string of the molecule is CCOC(C)(C)C(N)Cc1ccccc1F. The van der Waals surface area contributed by atoms with Crippen LogP contribution in [0.5, 0.6) is 0 Å². The molecule has 1 aromatic rings. The van der Waals surface area contributed by atoms with E-state index in [0.717, 1.165) is 0 Å². The van der Waals surface area contributed by atoms with Crippen molar-refractivity contribution in [3.05, 3.63) is 35.6 Å². The van der Waals surface area contributed by atoms with Gasteiger partial charge in [-0.25, -0.2) is 4.39 Å². The van der Waals surface area contributed by atoms with Gasteiger partial charge in [-0.2, -0.15) is 0 Å². The Balaban J connectivity index is 2.71. The largest absolute Gasteiger partial charge is 0.374 e. The van der Waals surface area contributed by atoms with Crippen molar-refractivity contribution in [2.24, 2.45) is 5.73 Å². The van der Waals surface area contributed by atoms with Gasteiger partial charge in [0.05, 0.1) is 5.60 Å². The Labute approximate surface area is 96.6 Å². The summed E-state index contributed by atoms with van der Waals surface area (Å²) in [6.45, 7) is 6.40. The molecule has 0 saturated carbocycles. The maximum atomic E-state index is 13.4. The number of halogens is 1. The molecule has 0 aliphatic heterocycles. The smallest absolute Gasteiger partial charge is 0.126 e. The Morgan fingerprint density at radius 1 is 1.38 bits per heavy atom. The normalized spacial score (nSPS) is 13.8. The average molecular weight is 225 g/mol. The summed E-state index contributed by atoms with van der Waals surface area (Å²) in [7, 11) is 0. The van der Waals surface area contributed by atoms with Crippen molar-refractivity contribution in [2.45, 2.75) is 38.8 Å². The first-order valence-electron chi connectivity index (χ1n) is 5.60. The minimum atomic E-state index is -0.434. The van der Waals surface area contributed by atoms with Crippen LogP contribution in [-0.2, 0) is 11.2 Å². The first-order chi connectivity index (χ1) is 7.47. The lowest BCUT2D eigenvalue weighted by molar-refractivity contribution is -0.0289. The molecule has 0 heterocycles. The fourth-order valence-electron chi connectivity index (χ4n) is 1.63. The highest BCUT2D eigenvalue weighted by atomic mass is 19.1. The van der Waals surface area contributed by atoms with Crippen LogP contribution in [0.1, 0.15) is 26.3 Å². The molecular formula is C13H20FNO. The predicted octanol–water partition coefficient (Wildman–Crippen LogP) is 2.51. The Kier molecular flexibility index (Phi) is 4.44. The van der Waals surface area contributed by atoms with Gasteiger partial charge in [0.1, 0.15) is 5.82 Å². The molecule has 0 aliphatic rings. The van der Waals surface area contributed by atoms with Crippen molar-refractivity contribution in [3.8, 4) is 0 Å². The molecule has 0 aromatic heterocycles. The van der Waals surface area contributed by atoms with E-state index < -0.39 is 5.60 Å². The van der Waals surface area contributed by atoms with Crippen LogP contribution in [0.4, 0.5) is 4.39 Å². The molecule has 0 aliphatic carbocycles. The molecule has 0 radical (unpaired) electrons. The maximum absolute atomic E-state index is 13.4. The molecule has 1 unspecified atom stereocenters. The third kappa shape index (κ3) is 3.29. The third-order valence-electron chi connectivity index (χ3n) is 2.81. The van der Waals surface area contributed by atoms with Crippen molar-refractivity contribution in [3.63, 3.8) is 0 Å². The van der Waals surface area contributed by atoms with Crippen LogP contribution >= 0.6 is 0 Å². The van der Waals surface area contributed by atoms with Crippen LogP contribution in [0.15, 0.2) is 24.3 Å². The maximum Gasteiger partial charge on any atom is 0.126 e. The molecule has 0 amide bonds. The molecule has 0 spiro atoms. The van der Waals surface area contributed by atoms with E-state index in [2.05, 4.69) is 0 Å². The highest BCUT2D eigenvalue weighted by Gasteiger charge is 2.27. The van der Waals surface area contributed by atoms with Gasteiger partial charge < -0.3 is 10.5 Å². The zero-order valence-electron chi connectivity index (χ0n) is 10.2. The summed E-state index contributed by atoms with van der Waals surface area (Å²) in [5.41, 5.74) is 6.25. The van der Waals surface area contributed by atoms with E-state index in [1.165, 1.54) is 6.07 Å². The second kappa shape index (κ2) is 5.41. The standard InChI is InChI=1S/C13H20FNO/c1-4-16-13(2,3)12(15)9-10-7-5-6-8-11(10)14/h5-8,12H,4,9,15H2,1-3H3. The van der Waals surface area contributed by atoms with Gasteiger partial charge >= 0.3 is 0 Å². The average Bonchev–Trinajstić information content (AvgIpc) is 2.21. The predicted molar refractivity (Wildman–Crippen MR) is 63.8 cm³/mol. The van der Waals surface area contributed by atoms with Gasteiger partial charge in [0.15, 0.2) is 0 Å². The van der Waals surface area contributed by atoms with E-state index in [1.54, 1.807) is 12.1 Å². The third-order valence-corrected chi connectivity index (χ3v) is 2.81. The lowest BCUT2D eigenvalue weighted by atomic mass is 9.93. The van der Waals surface area contributed by atoms with E-state index in [4.69, 9.17) is 10.5 Å². The number of benzene rings is 1. The number of nitrogens with two attached hydrogens (primary N) is 1. The molecule has 1 atom stereocenters. The summed E-state index contributed by atoms with van der Waals surface area (Å²) >= 11 is 0. The molecule has 0 fully saturated rings. The monoisotopic (exact) mass is 225 g/mol. The molecule has 0 bridgehead atoms. The summed E-state index contributed by atoms with van der Waals surface area (Å²) in [6, 6.07) is 6.49. The van der Waals surface area contributed by atoms with E-state index in [1.807, 2.05) is 26.8 Å². The van der Waals surface area contributed by atoms with Crippen LogP contribution < -0.4 is 5.73 Å². The van der Waals surface area contributed by atoms with Crippen molar-refractivity contribution in [1.29, 1.82) is 0 Å². The van der Waals surface area contributed by atoms with Gasteiger partial charge in [0.25, 0.3) is 0 Å². The molecule has 16 heavy (non-hydrogen) atoms. The van der Waals surface area contributed by atoms with Gasteiger partial charge in [-0.3, -0.25) is 0 Å². The van der Waals surface area contributed by atoms with Gasteiger partial charge in [-0.1, -0.05) is 18.2 Å². The Hall–Kier alpha value is -0.930. The molecule has 0 saturated heterocycles. The lowest BCUT2D eigenvalue weighted by Crippen LogP contribution is -2.46. The quantitative estimate of drug-likeness (QED) is 0.835. The fraction of sp³-hybridized carbons (Fsp3) is 0.538. The lowest BCUT2D eigenvalue weighted by Gasteiger charge is -2.31. The van der Waals surface area contributed by atoms with E-state index in [9.17, 15) is 4.39 Å². The first kappa shape index (κ1) is 13.1. The Bertz CT molecular complexity index is 338. The Morgan fingerprint density at radius 3 is 2.56 bits per heavy atom. The van der Waals surface area contributed by atoms with Crippen LogP contribution in [-0.4, -0.2) is 18.2 Å². The van der Waals surface area contributed by atoms with Crippen LogP contribution in [0.3, 0.4) is 0 Å². The minimum absolute atomic E-state index is 0.203. The number of rotatable bonds is 5. The van der Waals surface area contributed by atoms with Crippen molar-refractivity contribution in [2.75, 3.05) is 6.61 Å². The van der Waals surface area contributed by atoms with Crippen LogP contribution in [0.25, 0.3) is 0 Å². The van der Waals surface area contributed by atoms with E-state index in [0.29, 0.717) is 18.6 Å². The highest BCUT2D eigenvalue weighted by Crippen LogP contribution is 2.18. The van der Waals surface area contributed by atoms with Gasteiger partial charge in [-0.05, 0) is 38.8 Å². The molecule has 2 N–H and O–H groups in total. The summed E-state index contributed by atoms with van der Waals surface area (Å²) in [6.07, 6.45) is 0.486. The zero-order valence-corrected chi connectivity index (χ0v) is 10.2. The fourth-order valence-corrected chi connectivity index (χ4v) is 1.63. The van der Waals surface area contributed by atoms with E-state index in [-0.39, 0.29) is 11.9 Å². The number of hydrogen-bond donors (Lipinski definition) is 1. The molecule has 1 aromatic carbocycles. The van der Waals surface area contributed by atoms with E-state index >= 15 is 0 Å². The molecule has 3 heteroatoms. The number of hydrogen-bond acceptors (Lipinski definition) is 2. The topological polar surface area (TPSA) is 35.2 Å². The summed E-state index contributed by atoms with van der Waals surface area (Å²) in [4.78, 5) is 0. The van der Waals surface area contributed by atoms with Gasteiger partial charge in [0.2, 0.25) is 0 Å². The van der Waals surface area contributed by atoms with Crippen LogP contribution in [0.2, 0.25) is 0 Å². The Morgan fingerprint density at radius 2 is 2.00 bits per heavy atom. The van der Waals surface area contributed by atoms with Crippen molar-refractivity contribution >= 4 is 0 Å². The minimum Gasteiger partial charge on any atom is -0.374 e. The molecule has 2 nitrogen and oxygen atoms in total.